The van der Waals surface area contributed by atoms with E-state index in [0.29, 0.717) is 51.3 Å². The number of Topliss-reactive ketones (excluding diaryl/α,β-unsaturated/α-hetero) is 1. The molecule has 1 aliphatic heterocycles. The zero-order chi connectivity index (χ0) is 26.8. The van der Waals surface area contributed by atoms with Crippen molar-refractivity contribution in [1.82, 2.24) is 10.2 Å². The van der Waals surface area contributed by atoms with Gasteiger partial charge in [0.2, 0.25) is 11.0 Å². The minimum atomic E-state index is -0.470. The summed E-state index contributed by atoms with van der Waals surface area (Å²) in [5, 5.41) is 24.0. The SMILES string of the molecule is COc1ccc(NC(=O)CSc2nnc(N3C(N)=C(C#N)C(c4sccc4C)C4=C3CCCC4=O)s2)cc1. The fraction of sp³-hybridized carbons (Fsp3) is 0.269. The quantitative estimate of drug-likeness (QED) is 0.382. The Kier molecular flexibility index (Phi) is 7.51. The van der Waals surface area contributed by atoms with E-state index in [9.17, 15) is 14.9 Å². The number of nitrogens with one attached hydrogen (secondary N) is 1. The van der Waals surface area contributed by atoms with E-state index in [2.05, 4.69) is 21.6 Å². The topological polar surface area (TPSA) is 134 Å². The second-order valence-corrected chi connectivity index (χ2v) is 11.8. The highest BCUT2D eigenvalue weighted by atomic mass is 32.2. The molecule has 0 fully saturated rings. The molecular formula is C26H24N6O3S3. The van der Waals surface area contributed by atoms with Crippen molar-refractivity contribution in [3.05, 3.63) is 68.8 Å². The molecule has 12 heteroatoms. The van der Waals surface area contributed by atoms with Crippen molar-refractivity contribution in [3.8, 4) is 11.8 Å². The number of methoxy groups -OCH3 is 1. The second-order valence-electron chi connectivity index (χ2n) is 8.70. The van der Waals surface area contributed by atoms with Crippen molar-refractivity contribution in [1.29, 1.82) is 5.26 Å². The number of ether oxygens (including phenoxy) is 1. The van der Waals surface area contributed by atoms with Gasteiger partial charge in [-0.1, -0.05) is 23.1 Å². The van der Waals surface area contributed by atoms with E-state index in [-0.39, 0.29) is 23.3 Å². The summed E-state index contributed by atoms with van der Waals surface area (Å²) in [5.74, 6) is 0.494. The highest BCUT2D eigenvalue weighted by Gasteiger charge is 2.42. The first-order chi connectivity index (χ1) is 18.4. The smallest absolute Gasteiger partial charge is 0.234 e. The fourth-order valence-electron chi connectivity index (χ4n) is 4.60. The molecule has 1 atom stereocenters. The lowest BCUT2D eigenvalue weighted by molar-refractivity contribution is -0.116. The van der Waals surface area contributed by atoms with Crippen LogP contribution in [0.15, 0.2) is 62.7 Å². The minimum absolute atomic E-state index is 0.0311. The molecule has 3 aromatic rings. The Bertz CT molecular complexity index is 1500. The molecular weight excluding hydrogens is 541 g/mol. The van der Waals surface area contributed by atoms with Gasteiger partial charge in [0.15, 0.2) is 10.1 Å². The van der Waals surface area contributed by atoms with Gasteiger partial charge in [0.25, 0.3) is 0 Å². The molecule has 0 saturated carbocycles. The van der Waals surface area contributed by atoms with Crippen LogP contribution in [0.5, 0.6) is 5.75 Å². The first-order valence-corrected chi connectivity index (χ1v) is 14.5. The third kappa shape index (κ3) is 4.92. The normalized spacial score (nSPS) is 17.3. The molecule has 5 rings (SSSR count). The van der Waals surface area contributed by atoms with Gasteiger partial charge in [-0.05, 0) is 61.0 Å². The first-order valence-electron chi connectivity index (χ1n) is 11.8. The van der Waals surface area contributed by atoms with Gasteiger partial charge in [0.1, 0.15) is 11.6 Å². The van der Waals surface area contributed by atoms with Crippen LogP contribution in [0, 0.1) is 18.3 Å². The second kappa shape index (κ2) is 11.0. The van der Waals surface area contributed by atoms with Crippen molar-refractivity contribution in [2.24, 2.45) is 5.73 Å². The van der Waals surface area contributed by atoms with Gasteiger partial charge in [-0.25, -0.2) is 0 Å². The van der Waals surface area contributed by atoms with Crippen LogP contribution in [0.1, 0.15) is 35.6 Å². The van der Waals surface area contributed by atoms with Crippen LogP contribution in [-0.2, 0) is 9.59 Å². The highest BCUT2D eigenvalue weighted by molar-refractivity contribution is 8.01. The molecule has 194 valence electrons. The Labute approximate surface area is 232 Å². The molecule has 0 radical (unpaired) electrons. The van der Waals surface area contributed by atoms with Crippen LogP contribution in [0.25, 0.3) is 0 Å². The number of hydrogen-bond donors (Lipinski definition) is 2. The number of aromatic nitrogens is 2. The van der Waals surface area contributed by atoms with Gasteiger partial charge in [0.05, 0.1) is 30.4 Å². The summed E-state index contributed by atoms with van der Waals surface area (Å²) in [6.45, 7) is 1.98. The number of rotatable bonds is 7. The lowest BCUT2D eigenvalue weighted by Gasteiger charge is -2.37. The number of amides is 1. The van der Waals surface area contributed by atoms with E-state index in [1.165, 1.54) is 34.4 Å². The molecule has 38 heavy (non-hydrogen) atoms. The number of aryl methyl sites for hydroxylation is 1. The summed E-state index contributed by atoms with van der Waals surface area (Å²) >= 11 is 4.06. The largest absolute Gasteiger partial charge is 0.497 e. The molecule has 1 unspecified atom stereocenters. The molecule has 3 N–H and O–H groups in total. The van der Waals surface area contributed by atoms with E-state index in [1.807, 2.05) is 18.4 Å². The number of allylic oxidation sites excluding steroid dienone is 3. The van der Waals surface area contributed by atoms with Gasteiger partial charge in [-0.15, -0.1) is 21.5 Å². The summed E-state index contributed by atoms with van der Waals surface area (Å²) in [6.07, 6.45) is 1.78. The third-order valence-electron chi connectivity index (χ3n) is 6.36. The van der Waals surface area contributed by atoms with Crippen molar-refractivity contribution in [2.45, 2.75) is 36.4 Å². The molecule has 1 aliphatic carbocycles. The molecule has 2 aromatic heterocycles. The maximum absolute atomic E-state index is 13.2. The lowest BCUT2D eigenvalue weighted by atomic mass is 9.78. The summed E-state index contributed by atoms with van der Waals surface area (Å²) in [6, 6.07) is 11.3. The summed E-state index contributed by atoms with van der Waals surface area (Å²) in [5.41, 5.74) is 10.0. The van der Waals surface area contributed by atoms with Crippen molar-refractivity contribution >= 4 is 56.9 Å². The molecule has 0 spiro atoms. The minimum Gasteiger partial charge on any atom is -0.497 e. The zero-order valence-corrected chi connectivity index (χ0v) is 23.1. The Hall–Kier alpha value is -3.66. The van der Waals surface area contributed by atoms with Crippen LogP contribution in [-0.4, -0.2) is 34.8 Å². The van der Waals surface area contributed by atoms with Crippen LogP contribution < -0.4 is 20.7 Å². The van der Waals surface area contributed by atoms with Gasteiger partial charge < -0.3 is 15.8 Å². The van der Waals surface area contributed by atoms with Crippen LogP contribution in [0.4, 0.5) is 10.8 Å². The maximum Gasteiger partial charge on any atom is 0.234 e. The van der Waals surface area contributed by atoms with Gasteiger partial charge in [-0.3, -0.25) is 14.5 Å². The molecule has 0 saturated heterocycles. The van der Waals surface area contributed by atoms with Gasteiger partial charge in [-0.2, -0.15) is 5.26 Å². The number of thiophene rings is 1. The summed E-state index contributed by atoms with van der Waals surface area (Å²) in [4.78, 5) is 28.3. The monoisotopic (exact) mass is 564 g/mol. The Morgan fingerprint density at radius 2 is 2.08 bits per heavy atom. The molecule has 9 nitrogen and oxygen atoms in total. The Morgan fingerprint density at radius 1 is 1.29 bits per heavy atom. The molecule has 3 heterocycles. The van der Waals surface area contributed by atoms with E-state index < -0.39 is 5.92 Å². The number of nitrogens with zero attached hydrogens (tertiary/aromatic N) is 4. The van der Waals surface area contributed by atoms with Crippen molar-refractivity contribution < 1.29 is 14.3 Å². The number of carbonyl (C=O) groups excluding carboxylic acids is 2. The lowest BCUT2D eigenvalue weighted by Crippen LogP contribution is -2.38. The molecule has 1 amide bonds. The number of benzene rings is 1. The number of anilines is 2. The molecule has 0 bridgehead atoms. The maximum atomic E-state index is 13.2. The predicted octanol–water partition coefficient (Wildman–Crippen LogP) is 4.95. The third-order valence-corrected chi connectivity index (χ3v) is 9.49. The van der Waals surface area contributed by atoms with Gasteiger partial charge >= 0.3 is 0 Å². The van der Waals surface area contributed by atoms with Gasteiger partial charge in [0, 0.05) is 28.3 Å². The number of thioether (sulfide) groups is 1. The Balaban J connectivity index is 1.39. The number of nitrogens with two attached hydrogens (primary N) is 1. The van der Waals surface area contributed by atoms with Crippen molar-refractivity contribution in [2.75, 3.05) is 23.1 Å². The molecule has 2 aliphatic rings. The predicted molar refractivity (Wildman–Crippen MR) is 149 cm³/mol. The van der Waals surface area contributed by atoms with Crippen LogP contribution in [0.3, 0.4) is 0 Å². The van der Waals surface area contributed by atoms with E-state index >= 15 is 0 Å². The number of carbonyl (C=O) groups is 2. The summed E-state index contributed by atoms with van der Waals surface area (Å²) in [7, 11) is 1.58. The van der Waals surface area contributed by atoms with E-state index in [1.54, 1.807) is 36.3 Å². The standard InChI is InChI=1S/C26H24N6O3S3/c1-14-10-11-36-23(14)21-17(12-27)24(28)32(18-4-3-5-19(33)22(18)21)25-30-31-26(38-25)37-13-20(34)29-15-6-8-16(35-2)9-7-15/h6-11,21H,3-5,13,28H2,1-2H3,(H,29,34). The van der Waals surface area contributed by atoms with Crippen LogP contribution >= 0.6 is 34.4 Å². The molecule has 1 aromatic carbocycles. The Morgan fingerprint density at radius 3 is 2.76 bits per heavy atom. The number of hydrogen-bond acceptors (Lipinski definition) is 11. The summed E-state index contributed by atoms with van der Waals surface area (Å²) < 4.78 is 5.72. The number of ketones is 1. The number of nitriles is 1. The van der Waals surface area contributed by atoms with E-state index in [4.69, 9.17) is 10.5 Å². The van der Waals surface area contributed by atoms with Crippen molar-refractivity contribution in [3.63, 3.8) is 0 Å². The average Bonchev–Trinajstić information content (AvgIpc) is 3.56. The zero-order valence-electron chi connectivity index (χ0n) is 20.7. The first kappa shape index (κ1) is 26.0. The van der Waals surface area contributed by atoms with Crippen LogP contribution in [0.2, 0.25) is 0 Å². The highest BCUT2D eigenvalue weighted by Crippen LogP contribution is 2.48. The van der Waals surface area contributed by atoms with E-state index in [0.717, 1.165) is 16.1 Å². The average molecular weight is 565 g/mol. The fourth-order valence-corrected chi connectivity index (χ4v) is 7.32.